The summed E-state index contributed by atoms with van der Waals surface area (Å²) < 4.78 is 0. The molecule has 13 heteroatoms. The van der Waals surface area contributed by atoms with Gasteiger partial charge in [0.1, 0.15) is 0 Å². The molecule has 0 nitrogen and oxygen atoms in total. The summed E-state index contributed by atoms with van der Waals surface area (Å²) in [6.45, 7) is 0. The van der Waals surface area contributed by atoms with E-state index in [0.717, 1.165) is 0 Å². The van der Waals surface area contributed by atoms with Crippen LogP contribution in [-0.4, -0.2) is 11.8 Å². The molecule has 0 saturated heterocycles. The largest absolute Gasteiger partial charge is 0.0622 e. The van der Waals surface area contributed by atoms with Gasteiger partial charge in [-0.1, -0.05) is 243 Å². The molecule has 0 aliphatic rings. The Morgan fingerprint density at radius 1 is 0.270 bits per heavy atom. The van der Waals surface area contributed by atoms with Gasteiger partial charge in [-0.25, -0.2) is 0 Å². The molecule has 0 aliphatic heterocycles. The van der Waals surface area contributed by atoms with Gasteiger partial charge in [0.05, 0.1) is 0 Å². The summed E-state index contributed by atoms with van der Waals surface area (Å²) in [6, 6.07) is 88.3. The van der Waals surface area contributed by atoms with Crippen LogP contribution in [-0.2, 0) is 68.7 Å². The van der Waals surface area contributed by atoms with E-state index in [2.05, 4.69) is 243 Å². The van der Waals surface area contributed by atoms with E-state index in [1.807, 2.05) is 0 Å². The average Bonchev–Trinajstić information content (AvgIpc) is 3.32. The van der Waals surface area contributed by atoms with Crippen molar-refractivity contribution in [3.63, 3.8) is 0 Å². The van der Waals surface area contributed by atoms with Crippen LogP contribution in [0.1, 0.15) is 0 Å². The van der Waals surface area contributed by atoms with Crippen molar-refractivity contribution in [2.24, 2.45) is 0 Å². The quantitative estimate of drug-likeness (QED) is 0.0845. The van der Waals surface area contributed by atoms with Gasteiger partial charge < -0.3 is 0 Å². The molecule has 8 aromatic rings. The van der Waals surface area contributed by atoms with Gasteiger partial charge in [-0.05, 0) is 74.1 Å². The second-order valence-electron chi connectivity index (χ2n) is 12.9. The molecule has 0 aromatic heterocycles. The van der Waals surface area contributed by atoms with Crippen LogP contribution in [0, 0.1) is 0 Å². The second kappa shape index (κ2) is 33.9. The Morgan fingerprint density at radius 3 is 0.460 bits per heavy atom. The normalized spacial score (nSPS) is 10.2. The van der Waals surface area contributed by atoms with Gasteiger partial charge in [-0.2, -0.15) is 0 Å². The Bertz CT molecular complexity index is 1840. The van der Waals surface area contributed by atoms with Crippen molar-refractivity contribution in [3.8, 4) is 0 Å². The standard InChI is InChI=1S/2C25H22P2.5ClH.Fe.2Pd.Ti/c2*1-5-13-22(14-6-1)26(23-15-7-2-8-16-23)21-27(24-17-9-3-10-18-24)25-19-11-4-12-20-25;;;;;;;;;/h2*1-20H,21H2;5*1H;;;;/q;;;;;;;+2;;;+3/p-5. The molecular weight excluding hydrogens is 1220 g/mol. The van der Waals surface area contributed by atoms with Crippen molar-refractivity contribution < 1.29 is 68.7 Å². The van der Waals surface area contributed by atoms with E-state index in [0.29, 0.717) is 0 Å². The van der Waals surface area contributed by atoms with E-state index in [1.54, 1.807) is 0 Å². The molecule has 0 amide bonds. The molecule has 0 aliphatic carbocycles. The van der Waals surface area contributed by atoms with Crippen LogP contribution in [0.4, 0.5) is 0 Å². The maximum Gasteiger partial charge on any atom is 0.00405 e. The maximum absolute atomic E-state index is 4.97. The molecule has 0 heterocycles. The van der Waals surface area contributed by atoms with Crippen molar-refractivity contribution in [2.75, 3.05) is 11.8 Å². The Balaban J connectivity index is 0.000000285. The minimum atomic E-state index is -1.92. The number of rotatable bonds is 12. The van der Waals surface area contributed by atoms with Gasteiger partial charge in [0, 0.05) is 52.7 Å². The fraction of sp³-hybridized carbons (Fsp3) is 0.0400. The van der Waals surface area contributed by atoms with Crippen LogP contribution < -0.4 is 42.4 Å². The fourth-order valence-electron chi connectivity index (χ4n) is 6.40. The molecule has 331 valence electrons. The predicted molar refractivity (Wildman–Crippen MR) is 275 cm³/mol. The molecule has 0 spiro atoms. The van der Waals surface area contributed by atoms with E-state index >= 15 is 0 Å². The molecule has 0 fully saturated rings. The van der Waals surface area contributed by atoms with Crippen molar-refractivity contribution >= 4 is 122 Å². The molecule has 0 saturated carbocycles. The van der Waals surface area contributed by atoms with Crippen LogP contribution in [0.3, 0.4) is 0 Å². The first kappa shape index (κ1) is 56.8. The third kappa shape index (κ3) is 20.3. The first-order valence-corrected chi connectivity index (χ1v) is 34.8. The van der Waals surface area contributed by atoms with Gasteiger partial charge in [0.15, 0.2) is 0 Å². The summed E-state index contributed by atoms with van der Waals surface area (Å²) in [7, 11) is 22.8. The Morgan fingerprint density at radius 2 is 0.365 bits per heavy atom. The van der Waals surface area contributed by atoms with E-state index in [9.17, 15) is 0 Å². The zero-order valence-corrected chi connectivity index (χ0v) is 46.8. The number of benzene rings is 8. The van der Waals surface area contributed by atoms with E-state index in [-0.39, 0.29) is 54.0 Å². The fourth-order valence-corrected chi connectivity index (χ4v) is 19.3. The molecule has 0 atom stereocenters. The maximum atomic E-state index is 4.97. The third-order valence-electron chi connectivity index (χ3n) is 9.11. The summed E-state index contributed by atoms with van der Waals surface area (Å²) in [4.78, 5) is 0. The molecule has 8 aromatic carbocycles. The summed E-state index contributed by atoms with van der Waals surface area (Å²) in [5.41, 5.74) is 0. The summed E-state index contributed by atoms with van der Waals surface area (Å²) >= 11 is -1.72. The summed E-state index contributed by atoms with van der Waals surface area (Å²) in [6.07, 6.45) is 0. The SMILES string of the molecule is [Cl][Fe][Cl].[Cl][Ti]([Cl])[Cl].[Pd].[Pd].c1ccc(P(CP(c2ccccc2)c2ccccc2)c2ccccc2)cc1.c1ccc(P(CP(c2ccccc2)c2ccccc2)c2ccccc2)cc1. The smallest absolute Gasteiger partial charge is 0.00405 e. The Kier molecular flexibility index (Phi) is 30.6. The first-order chi connectivity index (χ1) is 30.0. The zero-order chi connectivity index (χ0) is 42.9. The van der Waals surface area contributed by atoms with E-state index < -0.39 is 46.4 Å². The molecule has 0 unspecified atom stereocenters. The van der Waals surface area contributed by atoms with Crippen LogP contribution >= 0.6 is 79.8 Å². The zero-order valence-electron chi connectivity index (χ0n) is 33.7. The monoisotopic (exact) mass is 1260 g/mol. The van der Waals surface area contributed by atoms with E-state index in [1.165, 1.54) is 54.2 Å². The average molecular weight is 1260 g/mol. The molecule has 63 heavy (non-hydrogen) atoms. The van der Waals surface area contributed by atoms with Crippen LogP contribution in [0.2, 0.25) is 0 Å². The second-order valence-corrected chi connectivity index (χ2v) is 32.3. The van der Waals surface area contributed by atoms with Crippen molar-refractivity contribution in [3.05, 3.63) is 243 Å². The summed E-state index contributed by atoms with van der Waals surface area (Å²) in [5, 5.41) is 11.7. The molecule has 0 N–H and O–H groups in total. The van der Waals surface area contributed by atoms with Gasteiger partial charge in [0.2, 0.25) is 0 Å². The first-order valence-electron chi connectivity index (χ1n) is 19.2. The minimum Gasteiger partial charge on any atom is -0.0622 e. The number of hydrogen-bond donors (Lipinski definition) is 0. The minimum absolute atomic E-state index is 0. The number of hydrogen-bond acceptors (Lipinski definition) is 0. The van der Waals surface area contributed by atoms with Crippen molar-refractivity contribution in [1.29, 1.82) is 0 Å². The van der Waals surface area contributed by atoms with Crippen molar-refractivity contribution in [2.45, 2.75) is 0 Å². The third-order valence-corrected chi connectivity index (χ3v) is 21.0. The van der Waals surface area contributed by atoms with E-state index in [4.69, 9.17) is 48.1 Å². The summed E-state index contributed by atoms with van der Waals surface area (Å²) in [5.74, 6) is 2.35. The topological polar surface area (TPSA) is 0 Å². The van der Waals surface area contributed by atoms with Crippen molar-refractivity contribution in [1.82, 2.24) is 0 Å². The van der Waals surface area contributed by atoms with Gasteiger partial charge in [-0.15, -0.1) is 0 Å². The molecule has 0 bridgehead atoms. The van der Waals surface area contributed by atoms with Gasteiger partial charge >= 0.3 is 75.9 Å². The molecule has 8 rings (SSSR count). The molecular formula is C50H44Cl5FeP4Pd2Ti. The number of halogens is 5. The van der Waals surface area contributed by atoms with Crippen LogP contribution in [0.15, 0.2) is 243 Å². The Hall–Kier alpha value is -0.512. The van der Waals surface area contributed by atoms with Crippen LogP contribution in [0.5, 0.6) is 0 Å². The van der Waals surface area contributed by atoms with Gasteiger partial charge in [0.25, 0.3) is 0 Å². The van der Waals surface area contributed by atoms with Gasteiger partial charge in [-0.3, -0.25) is 0 Å². The molecule has 0 radical (unpaired) electrons. The van der Waals surface area contributed by atoms with Crippen LogP contribution in [0.25, 0.3) is 0 Å². The Labute approximate surface area is 440 Å². The predicted octanol–water partition coefficient (Wildman–Crippen LogP) is 13.9.